The molecule has 1 fully saturated rings. The molecule has 4 atom stereocenters. The summed E-state index contributed by atoms with van der Waals surface area (Å²) in [5, 5.41) is 12.3. The van der Waals surface area contributed by atoms with Crippen LogP contribution in [0.5, 0.6) is 0 Å². The van der Waals surface area contributed by atoms with E-state index in [0.29, 0.717) is 25.8 Å². The number of ether oxygens (including phenoxy) is 1. The molecule has 2 rings (SSSR count). The van der Waals surface area contributed by atoms with Gasteiger partial charge in [0.05, 0.1) is 30.5 Å². The number of carbonyl (C=O) groups excluding carboxylic acids is 3. The zero-order valence-corrected chi connectivity index (χ0v) is 20.2. The normalized spacial score (nSPS) is 17.9. The summed E-state index contributed by atoms with van der Waals surface area (Å²) in [6, 6.07) is 9.16. The molecular weight excluding hydrogens is 432 g/mol. The minimum Gasteiger partial charge on any atom is -0.463 e. The van der Waals surface area contributed by atoms with E-state index >= 15 is 0 Å². The minimum absolute atomic E-state index is 0.0421. The van der Waals surface area contributed by atoms with Crippen LogP contribution in [-0.2, 0) is 25.5 Å². The Hall–Kier alpha value is -2.93. The third kappa shape index (κ3) is 8.45. The Bertz CT molecular complexity index is 826. The van der Waals surface area contributed by atoms with Crippen molar-refractivity contribution in [2.75, 3.05) is 19.8 Å². The second-order valence-electron chi connectivity index (χ2n) is 8.94. The van der Waals surface area contributed by atoms with E-state index in [1.807, 2.05) is 30.3 Å². The van der Waals surface area contributed by atoms with Gasteiger partial charge in [-0.1, -0.05) is 42.5 Å². The Labute approximate surface area is 202 Å². The summed E-state index contributed by atoms with van der Waals surface area (Å²) in [6.45, 7) is 9.79. The Morgan fingerprint density at radius 1 is 1.18 bits per heavy atom. The molecule has 7 heteroatoms. The van der Waals surface area contributed by atoms with Gasteiger partial charge in [0, 0.05) is 13.0 Å². The number of nitrogens with zero attached hydrogens (tertiary/aromatic N) is 1. The maximum atomic E-state index is 12.8. The lowest BCUT2D eigenvalue weighted by molar-refractivity contribution is -0.149. The summed E-state index contributed by atoms with van der Waals surface area (Å²) >= 11 is 0. The predicted octanol–water partition coefficient (Wildman–Crippen LogP) is 3.04. The van der Waals surface area contributed by atoms with Crippen LogP contribution in [0.2, 0.25) is 0 Å². The summed E-state index contributed by atoms with van der Waals surface area (Å²) in [5.74, 6) is -1.63. The molecule has 0 spiro atoms. The second kappa shape index (κ2) is 14.4. The van der Waals surface area contributed by atoms with Crippen LogP contribution < -0.4 is 5.32 Å². The quantitative estimate of drug-likeness (QED) is 0.322. The smallest absolute Gasteiger partial charge is 0.309 e. The minimum atomic E-state index is -0.560. The first kappa shape index (κ1) is 27.3. The average Bonchev–Trinajstić information content (AvgIpc) is 3.32. The van der Waals surface area contributed by atoms with E-state index in [2.05, 4.69) is 18.5 Å². The van der Waals surface area contributed by atoms with E-state index in [4.69, 9.17) is 4.74 Å². The third-order valence-electron chi connectivity index (χ3n) is 6.12. The third-order valence-corrected chi connectivity index (χ3v) is 6.12. The molecule has 0 radical (unpaired) electrons. The number of aliphatic hydroxyl groups excluding tert-OH is 1. The van der Waals surface area contributed by atoms with Crippen LogP contribution >= 0.6 is 0 Å². The largest absolute Gasteiger partial charge is 0.463 e. The van der Waals surface area contributed by atoms with Gasteiger partial charge >= 0.3 is 5.97 Å². The highest BCUT2D eigenvalue weighted by atomic mass is 16.5. The van der Waals surface area contributed by atoms with Crippen molar-refractivity contribution in [3.8, 4) is 0 Å². The molecule has 0 saturated carbocycles. The van der Waals surface area contributed by atoms with Crippen molar-refractivity contribution in [1.29, 1.82) is 0 Å². The number of allylic oxidation sites excluding steroid dienone is 2. The highest BCUT2D eigenvalue weighted by molar-refractivity contribution is 5.86. The first-order chi connectivity index (χ1) is 16.4. The molecular formula is C27H38N2O5. The van der Waals surface area contributed by atoms with Crippen molar-refractivity contribution in [2.45, 2.75) is 57.5 Å². The van der Waals surface area contributed by atoms with E-state index in [9.17, 15) is 19.5 Å². The van der Waals surface area contributed by atoms with Gasteiger partial charge in [-0.25, -0.2) is 0 Å². The van der Waals surface area contributed by atoms with Crippen molar-refractivity contribution in [2.24, 2.45) is 11.8 Å². The highest BCUT2D eigenvalue weighted by Crippen LogP contribution is 2.21. The fraction of sp³-hybridized carbons (Fsp3) is 0.519. The van der Waals surface area contributed by atoms with Crippen molar-refractivity contribution in [1.82, 2.24) is 10.2 Å². The highest BCUT2D eigenvalue weighted by Gasteiger charge is 2.31. The number of rotatable bonds is 14. The summed E-state index contributed by atoms with van der Waals surface area (Å²) in [7, 11) is 0. The first-order valence-electron chi connectivity index (χ1n) is 12.0. The van der Waals surface area contributed by atoms with Gasteiger partial charge in [0.2, 0.25) is 11.8 Å². The number of esters is 1. The van der Waals surface area contributed by atoms with Gasteiger partial charge in [0.15, 0.2) is 0 Å². The first-order valence-corrected chi connectivity index (χ1v) is 12.0. The molecule has 0 unspecified atom stereocenters. The van der Waals surface area contributed by atoms with Gasteiger partial charge in [-0.15, -0.1) is 13.2 Å². The Morgan fingerprint density at radius 3 is 2.50 bits per heavy atom. The van der Waals surface area contributed by atoms with Gasteiger partial charge in [-0.05, 0) is 44.6 Å². The van der Waals surface area contributed by atoms with Gasteiger partial charge in [0.25, 0.3) is 0 Å². The van der Waals surface area contributed by atoms with Crippen molar-refractivity contribution >= 4 is 17.8 Å². The van der Waals surface area contributed by atoms with Gasteiger partial charge in [-0.2, -0.15) is 0 Å². The zero-order valence-electron chi connectivity index (χ0n) is 20.2. The predicted molar refractivity (Wildman–Crippen MR) is 132 cm³/mol. The van der Waals surface area contributed by atoms with E-state index in [0.717, 1.165) is 18.4 Å². The molecule has 0 aliphatic carbocycles. The van der Waals surface area contributed by atoms with Crippen LogP contribution in [0.1, 0.15) is 44.6 Å². The van der Waals surface area contributed by atoms with Crippen LogP contribution in [-0.4, -0.2) is 59.6 Å². The van der Waals surface area contributed by atoms with Gasteiger partial charge < -0.3 is 20.1 Å². The number of hydrogen-bond acceptors (Lipinski definition) is 5. The van der Waals surface area contributed by atoms with Crippen molar-refractivity contribution in [3.63, 3.8) is 0 Å². The van der Waals surface area contributed by atoms with E-state index in [1.54, 1.807) is 24.0 Å². The molecule has 0 bridgehead atoms. The SMILES string of the molecule is C=CC[C@H](CC(=O)N1CCC[C@H]1CO)C(=O)N[C@@H](C)COC(=O)[C@H](CC=C)Cc1ccccc1. The second-order valence-corrected chi connectivity index (χ2v) is 8.94. The van der Waals surface area contributed by atoms with E-state index in [-0.39, 0.29) is 49.4 Å². The van der Waals surface area contributed by atoms with Crippen LogP contribution in [0.4, 0.5) is 0 Å². The number of likely N-dealkylation sites (tertiary alicyclic amines) is 1. The molecule has 0 aromatic heterocycles. The summed E-state index contributed by atoms with van der Waals surface area (Å²) < 4.78 is 5.50. The molecule has 1 aromatic rings. The number of hydrogen-bond donors (Lipinski definition) is 2. The molecule has 1 aromatic carbocycles. The molecule has 7 nitrogen and oxygen atoms in total. The molecule has 34 heavy (non-hydrogen) atoms. The standard InChI is InChI=1S/C27H38N2O5/c1-4-10-22(17-25(31)29-15-9-14-24(29)18-30)26(32)28-20(3)19-34-27(33)23(11-5-2)16-21-12-7-6-8-13-21/h4-8,12-13,20,22-24,30H,1-2,9-11,14-19H2,3H3,(H,28,32)/t20-,22+,23+,24-/m0/s1. The number of amides is 2. The zero-order chi connectivity index (χ0) is 24.9. The van der Waals surface area contributed by atoms with Crippen LogP contribution in [0.15, 0.2) is 55.6 Å². The summed E-state index contributed by atoms with van der Waals surface area (Å²) in [5.41, 5.74) is 1.05. The van der Waals surface area contributed by atoms with Crippen molar-refractivity contribution in [3.05, 3.63) is 61.2 Å². The van der Waals surface area contributed by atoms with Crippen LogP contribution in [0.25, 0.3) is 0 Å². The fourth-order valence-electron chi connectivity index (χ4n) is 4.26. The van der Waals surface area contributed by atoms with Crippen LogP contribution in [0.3, 0.4) is 0 Å². The average molecular weight is 471 g/mol. The van der Waals surface area contributed by atoms with E-state index in [1.165, 1.54) is 0 Å². The lowest BCUT2D eigenvalue weighted by atomic mass is 9.96. The summed E-state index contributed by atoms with van der Waals surface area (Å²) in [6.07, 6.45) is 6.44. The molecule has 2 amide bonds. The van der Waals surface area contributed by atoms with Crippen LogP contribution in [0, 0.1) is 11.8 Å². The Kier molecular flexibility index (Phi) is 11.5. The Morgan fingerprint density at radius 2 is 1.85 bits per heavy atom. The number of nitrogens with one attached hydrogen (secondary N) is 1. The van der Waals surface area contributed by atoms with Gasteiger partial charge in [-0.3, -0.25) is 14.4 Å². The number of carbonyl (C=O) groups is 3. The molecule has 1 heterocycles. The van der Waals surface area contributed by atoms with Crippen molar-refractivity contribution < 1.29 is 24.2 Å². The topological polar surface area (TPSA) is 95.9 Å². The van der Waals surface area contributed by atoms with Gasteiger partial charge in [0.1, 0.15) is 6.61 Å². The fourth-order valence-corrected chi connectivity index (χ4v) is 4.26. The maximum absolute atomic E-state index is 12.8. The monoisotopic (exact) mass is 470 g/mol. The molecule has 2 N–H and O–H groups in total. The molecule has 1 aliphatic rings. The number of aliphatic hydroxyl groups is 1. The molecule has 186 valence electrons. The summed E-state index contributed by atoms with van der Waals surface area (Å²) in [4.78, 5) is 39.9. The lowest BCUT2D eigenvalue weighted by Crippen LogP contribution is -2.43. The number of benzene rings is 1. The molecule has 1 aliphatic heterocycles. The Balaban J connectivity index is 1.86. The lowest BCUT2D eigenvalue weighted by Gasteiger charge is -2.26. The maximum Gasteiger partial charge on any atom is 0.309 e. The molecule has 1 saturated heterocycles. The van der Waals surface area contributed by atoms with E-state index < -0.39 is 12.0 Å².